The van der Waals surface area contributed by atoms with Gasteiger partial charge in [-0.15, -0.1) is 0 Å². The predicted octanol–water partition coefficient (Wildman–Crippen LogP) is 6.67. The second-order valence-electron chi connectivity index (χ2n) is 9.09. The summed E-state index contributed by atoms with van der Waals surface area (Å²) < 4.78 is 37.5. The van der Waals surface area contributed by atoms with E-state index in [1.165, 1.54) is 6.42 Å². The zero-order valence-corrected chi connectivity index (χ0v) is 21.6. The van der Waals surface area contributed by atoms with E-state index in [0.29, 0.717) is 23.9 Å². The van der Waals surface area contributed by atoms with E-state index in [4.69, 9.17) is 18.5 Å². The molecule has 190 valence electrons. The van der Waals surface area contributed by atoms with Crippen LogP contribution in [0.25, 0.3) is 22.2 Å². The van der Waals surface area contributed by atoms with Gasteiger partial charge in [0, 0.05) is 29.6 Å². The van der Waals surface area contributed by atoms with E-state index in [-0.39, 0.29) is 19.3 Å². The molecule has 2 heterocycles. The summed E-state index contributed by atoms with van der Waals surface area (Å²) in [6, 6.07) is 16.4. The number of ether oxygens (including phenoxy) is 2. The molecule has 1 N–H and O–H groups in total. The number of hydrogen-bond acceptors (Lipinski definition) is 6. The highest BCUT2D eigenvalue weighted by Gasteiger charge is 2.29. The van der Waals surface area contributed by atoms with Gasteiger partial charge in [0.1, 0.15) is 17.9 Å². The maximum Gasteiger partial charge on any atom is 0.432 e. The minimum Gasteiger partial charge on any atom is -0.488 e. The summed E-state index contributed by atoms with van der Waals surface area (Å²) in [6.45, 7) is 5.43. The van der Waals surface area contributed by atoms with Crippen LogP contribution in [-0.2, 0) is 18.3 Å². The van der Waals surface area contributed by atoms with Crippen LogP contribution in [0.1, 0.15) is 51.1 Å². The molecule has 0 radical (unpaired) electrons. The molecule has 5 rings (SSSR count). The number of nitriles is 1. The van der Waals surface area contributed by atoms with E-state index in [0.717, 1.165) is 53.8 Å². The number of aromatic nitrogens is 1. The molecule has 1 aliphatic carbocycles. The number of hydrogen-bond donors (Lipinski definition) is 1. The maximum absolute atomic E-state index is 12.9. The Balaban J connectivity index is 1.53. The third kappa shape index (κ3) is 4.89. The van der Waals surface area contributed by atoms with Gasteiger partial charge in [-0.2, -0.15) is 5.26 Å². The van der Waals surface area contributed by atoms with Crippen molar-refractivity contribution >= 4 is 24.3 Å². The molecule has 0 spiro atoms. The van der Waals surface area contributed by atoms with Gasteiger partial charge in [-0.1, -0.05) is 12.1 Å². The molecular weight excluding hydrogens is 477 g/mol. The molecule has 36 heavy (non-hydrogen) atoms. The third-order valence-electron chi connectivity index (χ3n) is 6.74. The van der Waals surface area contributed by atoms with Crippen molar-refractivity contribution < 1.29 is 23.1 Å². The fraction of sp³-hybridized carbons (Fsp3) is 0.444. The van der Waals surface area contributed by atoms with Crippen molar-refractivity contribution in [3.63, 3.8) is 0 Å². The number of anilines is 1. The normalized spacial score (nSPS) is 18.2. The van der Waals surface area contributed by atoms with Gasteiger partial charge in [0.2, 0.25) is 0 Å². The van der Waals surface area contributed by atoms with Gasteiger partial charge in [0.15, 0.2) is 0 Å². The Morgan fingerprint density at radius 1 is 1.11 bits per heavy atom. The summed E-state index contributed by atoms with van der Waals surface area (Å²) in [6.07, 6.45) is 4.28. The molecule has 2 fully saturated rings. The van der Waals surface area contributed by atoms with Crippen LogP contribution in [-0.4, -0.2) is 37.1 Å². The molecule has 1 aliphatic heterocycles. The first-order valence-corrected chi connectivity index (χ1v) is 14.2. The quantitative estimate of drug-likeness (QED) is 0.305. The van der Waals surface area contributed by atoms with E-state index < -0.39 is 7.75 Å². The molecule has 1 saturated carbocycles. The zero-order chi connectivity index (χ0) is 25.1. The average molecular weight is 510 g/mol. The minimum absolute atomic E-state index is 0.0638. The van der Waals surface area contributed by atoms with Gasteiger partial charge in [-0.25, -0.2) is 4.57 Å². The molecule has 2 aliphatic rings. The Labute approximate surface area is 211 Å². The smallest absolute Gasteiger partial charge is 0.432 e. The summed E-state index contributed by atoms with van der Waals surface area (Å²) in [5.41, 5.74) is 4.13. The molecule has 1 unspecified atom stereocenters. The molecule has 1 saturated heterocycles. The number of nitrogens with one attached hydrogen (secondary N) is 1. The van der Waals surface area contributed by atoms with Gasteiger partial charge in [-0.3, -0.25) is 14.1 Å². The van der Waals surface area contributed by atoms with Crippen molar-refractivity contribution in [3.8, 4) is 23.1 Å². The lowest BCUT2D eigenvalue weighted by Gasteiger charge is -2.30. The van der Waals surface area contributed by atoms with Crippen LogP contribution in [0.15, 0.2) is 42.5 Å². The Kier molecular flexibility index (Phi) is 7.36. The Hall–Kier alpha value is -2.82. The lowest BCUT2D eigenvalue weighted by molar-refractivity contribution is 0.141. The van der Waals surface area contributed by atoms with Crippen molar-refractivity contribution in [1.82, 2.24) is 4.57 Å². The molecule has 8 nitrogen and oxygen atoms in total. The summed E-state index contributed by atoms with van der Waals surface area (Å²) in [5.74, 6) is 0.800. The average Bonchev–Trinajstić information content (AvgIpc) is 3.45. The van der Waals surface area contributed by atoms with E-state index >= 15 is 0 Å². The highest BCUT2D eigenvalue weighted by molar-refractivity contribution is 7.55. The Bertz CT molecular complexity index is 1290. The number of fused-ring (bicyclic) bond motifs is 1. The second-order valence-corrected chi connectivity index (χ2v) is 10.8. The number of benzene rings is 2. The van der Waals surface area contributed by atoms with Gasteiger partial charge < -0.3 is 14.0 Å². The van der Waals surface area contributed by atoms with Gasteiger partial charge in [0.05, 0.1) is 43.2 Å². The fourth-order valence-electron chi connectivity index (χ4n) is 4.89. The number of nitrogens with zero attached hydrogens (tertiary/aromatic N) is 2. The molecule has 9 heteroatoms. The van der Waals surface area contributed by atoms with Crippen molar-refractivity contribution in [3.05, 3.63) is 48.0 Å². The van der Waals surface area contributed by atoms with Crippen LogP contribution < -0.4 is 9.82 Å². The van der Waals surface area contributed by atoms with Crippen molar-refractivity contribution in [1.29, 1.82) is 5.26 Å². The van der Waals surface area contributed by atoms with Crippen molar-refractivity contribution in [2.75, 3.05) is 31.5 Å². The Morgan fingerprint density at radius 2 is 1.86 bits per heavy atom. The van der Waals surface area contributed by atoms with Gasteiger partial charge >= 0.3 is 7.75 Å². The van der Waals surface area contributed by atoms with E-state index in [9.17, 15) is 9.83 Å². The first-order chi connectivity index (χ1) is 17.5. The maximum atomic E-state index is 12.9. The van der Waals surface area contributed by atoms with E-state index in [1.54, 1.807) is 13.8 Å². The zero-order valence-electron chi connectivity index (χ0n) is 20.7. The van der Waals surface area contributed by atoms with Crippen molar-refractivity contribution in [2.45, 2.75) is 51.7 Å². The predicted molar refractivity (Wildman–Crippen MR) is 139 cm³/mol. The largest absolute Gasteiger partial charge is 0.488 e. The van der Waals surface area contributed by atoms with Gasteiger partial charge in [0.25, 0.3) is 0 Å². The Morgan fingerprint density at radius 3 is 2.44 bits per heavy atom. The van der Waals surface area contributed by atoms with Crippen LogP contribution in [0.2, 0.25) is 0 Å². The topological polar surface area (TPSA) is 94.7 Å². The summed E-state index contributed by atoms with van der Waals surface area (Å²) in [7, 11) is -3.44. The molecule has 0 amide bonds. The lowest BCUT2D eigenvalue weighted by atomic mass is 9.92. The SMILES string of the molecule is CCOP(=O)(Nc1ccc(-c2c(C#N)c3ccc(OC4CCOC4)cc3n2C2CCC2)cc1)OCC. The lowest BCUT2D eigenvalue weighted by Crippen LogP contribution is -2.18. The molecule has 1 aromatic heterocycles. The van der Waals surface area contributed by atoms with Crippen LogP contribution in [0.5, 0.6) is 5.75 Å². The highest BCUT2D eigenvalue weighted by Crippen LogP contribution is 2.48. The fourth-order valence-corrected chi connectivity index (χ4v) is 6.23. The standard InChI is InChI=1S/C27H32N3O5P/c1-3-33-36(31,34-4-2)29-20-10-8-19(9-11-20)27-25(17-28)24-13-12-22(35-23-14-15-32-18-23)16-26(24)30(27)21-6-5-7-21/h8-13,16,21,23H,3-7,14-15,18H2,1-2H3,(H,29,31). The van der Waals surface area contributed by atoms with E-state index in [2.05, 4.69) is 21.8 Å². The second kappa shape index (κ2) is 10.7. The summed E-state index contributed by atoms with van der Waals surface area (Å²) in [4.78, 5) is 0. The third-order valence-corrected chi connectivity index (χ3v) is 8.47. The van der Waals surface area contributed by atoms with Gasteiger partial charge in [-0.05, 0) is 62.9 Å². The minimum atomic E-state index is -3.44. The van der Waals surface area contributed by atoms with Crippen LogP contribution >= 0.6 is 7.75 Å². The molecule has 3 aromatic rings. The molecule has 2 aromatic carbocycles. The first-order valence-electron chi connectivity index (χ1n) is 12.7. The highest BCUT2D eigenvalue weighted by atomic mass is 31.2. The monoisotopic (exact) mass is 509 g/mol. The van der Waals surface area contributed by atoms with Crippen LogP contribution in [0.4, 0.5) is 5.69 Å². The summed E-state index contributed by atoms with van der Waals surface area (Å²) >= 11 is 0. The van der Waals surface area contributed by atoms with Crippen LogP contribution in [0, 0.1) is 11.3 Å². The molecule has 1 atom stereocenters. The first kappa shape index (κ1) is 24.9. The van der Waals surface area contributed by atoms with E-state index in [1.807, 2.05) is 36.4 Å². The molecular formula is C27H32N3O5P. The molecule has 0 bridgehead atoms. The number of rotatable bonds is 10. The van der Waals surface area contributed by atoms with Crippen LogP contribution in [0.3, 0.4) is 0 Å². The van der Waals surface area contributed by atoms with Crippen molar-refractivity contribution in [2.24, 2.45) is 0 Å². The summed E-state index contributed by atoms with van der Waals surface area (Å²) in [5, 5.41) is 14.0.